The van der Waals surface area contributed by atoms with Crippen molar-refractivity contribution in [3.63, 3.8) is 0 Å². The van der Waals surface area contributed by atoms with E-state index in [0.29, 0.717) is 0 Å². The zero-order valence-electron chi connectivity index (χ0n) is 7.98. The Labute approximate surface area is 132 Å². The highest BCUT2D eigenvalue weighted by Crippen LogP contribution is 2.39. The van der Waals surface area contributed by atoms with Crippen LogP contribution in [0.1, 0.15) is 0 Å². The summed E-state index contributed by atoms with van der Waals surface area (Å²) >= 11 is 17.0. The summed E-state index contributed by atoms with van der Waals surface area (Å²) in [5.74, 6) is 0. The van der Waals surface area contributed by atoms with Crippen molar-refractivity contribution in [3.8, 4) is 11.1 Å². The molecule has 2 rings (SSSR count). The van der Waals surface area contributed by atoms with Gasteiger partial charge in [0.1, 0.15) is 0 Å². The van der Waals surface area contributed by atoms with Crippen molar-refractivity contribution in [2.75, 3.05) is 0 Å². The maximum absolute atomic E-state index is 6.24. The molecule has 82 valence electrons. The standard InChI is InChI=1S/C12H6Cl2I2/c13-7-3-1-5-9(15)11(7)12-8(14)4-2-6-10(12)16/h1-6H. The van der Waals surface area contributed by atoms with Gasteiger partial charge in [-0.25, -0.2) is 0 Å². The van der Waals surface area contributed by atoms with E-state index in [9.17, 15) is 0 Å². The molecule has 0 N–H and O–H groups in total. The summed E-state index contributed by atoms with van der Waals surface area (Å²) in [4.78, 5) is 0. The third kappa shape index (κ3) is 2.49. The van der Waals surface area contributed by atoms with E-state index in [4.69, 9.17) is 23.2 Å². The van der Waals surface area contributed by atoms with E-state index in [1.807, 2.05) is 36.4 Å². The van der Waals surface area contributed by atoms with Gasteiger partial charge in [-0.1, -0.05) is 35.3 Å². The molecule has 0 radical (unpaired) electrons. The molecule has 0 aliphatic rings. The highest BCUT2D eigenvalue weighted by atomic mass is 127. The Kier molecular flexibility index (Phi) is 4.38. The van der Waals surface area contributed by atoms with Crippen LogP contribution >= 0.6 is 68.4 Å². The SMILES string of the molecule is Clc1cccc(I)c1-c1c(Cl)cccc1I. The van der Waals surface area contributed by atoms with Crippen molar-refractivity contribution in [3.05, 3.63) is 53.6 Å². The van der Waals surface area contributed by atoms with Gasteiger partial charge in [0.05, 0.1) is 0 Å². The average molecular weight is 475 g/mol. The molecule has 0 amide bonds. The van der Waals surface area contributed by atoms with Gasteiger partial charge in [0, 0.05) is 28.3 Å². The normalized spacial score (nSPS) is 10.5. The van der Waals surface area contributed by atoms with Crippen molar-refractivity contribution in [1.29, 1.82) is 0 Å². The van der Waals surface area contributed by atoms with E-state index in [-0.39, 0.29) is 0 Å². The summed E-state index contributed by atoms with van der Waals surface area (Å²) in [6, 6.07) is 11.7. The number of rotatable bonds is 1. The largest absolute Gasteiger partial charge is 0.0836 e. The van der Waals surface area contributed by atoms with Crippen LogP contribution in [0.15, 0.2) is 36.4 Å². The van der Waals surface area contributed by atoms with Gasteiger partial charge in [0.2, 0.25) is 0 Å². The second-order valence-electron chi connectivity index (χ2n) is 3.19. The highest BCUT2D eigenvalue weighted by Gasteiger charge is 2.13. The van der Waals surface area contributed by atoms with Gasteiger partial charge in [0.25, 0.3) is 0 Å². The van der Waals surface area contributed by atoms with Crippen LogP contribution < -0.4 is 0 Å². The molecule has 0 spiro atoms. The number of hydrogen-bond acceptors (Lipinski definition) is 0. The van der Waals surface area contributed by atoms with Gasteiger partial charge in [-0.2, -0.15) is 0 Å². The van der Waals surface area contributed by atoms with Crippen molar-refractivity contribution < 1.29 is 0 Å². The monoisotopic (exact) mass is 474 g/mol. The third-order valence-electron chi connectivity index (χ3n) is 2.18. The fraction of sp³-hybridized carbons (Fsp3) is 0. The summed E-state index contributed by atoms with van der Waals surface area (Å²) in [6.07, 6.45) is 0. The van der Waals surface area contributed by atoms with Gasteiger partial charge >= 0.3 is 0 Å². The second-order valence-corrected chi connectivity index (χ2v) is 6.33. The number of halogens is 4. The van der Waals surface area contributed by atoms with Crippen LogP contribution in [0.3, 0.4) is 0 Å². The molecule has 2 aromatic carbocycles. The molecule has 0 saturated carbocycles. The van der Waals surface area contributed by atoms with E-state index in [1.165, 1.54) is 0 Å². The molecule has 0 aliphatic carbocycles. The molecule has 0 fully saturated rings. The van der Waals surface area contributed by atoms with Crippen LogP contribution in [0.2, 0.25) is 10.0 Å². The molecule has 0 unspecified atom stereocenters. The van der Waals surface area contributed by atoms with E-state index in [2.05, 4.69) is 45.2 Å². The lowest BCUT2D eigenvalue weighted by molar-refractivity contribution is 1.55. The molecule has 0 bridgehead atoms. The minimum Gasteiger partial charge on any atom is -0.0836 e. The van der Waals surface area contributed by atoms with Gasteiger partial charge in [-0.05, 0) is 69.4 Å². The predicted molar refractivity (Wildman–Crippen MR) is 87.3 cm³/mol. The summed E-state index contributed by atoms with van der Waals surface area (Å²) in [5, 5.41) is 1.47. The smallest absolute Gasteiger partial charge is 0.0495 e. The highest BCUT2D eigenvalue weighted by molar-refractivity contribution is 14.1. The first-order valence-electron chi connectivity index (χ1n) is 4.49. The Balaban J connectivity index is 2.77. The van der Waals surface area contributed by atoms with Crippen LogP contribution in [-0.4, -0.2) is 0 Å². The first kappa shape index (κ1) is 12.9. The predicted octanol–water partition coefficient (Wildman–Crippen LogP) is 5.87. The molecule has 0 atom stereocenters. The van der Waals surface area contributed by atoms with E-state index >= 15 is 0 Å². The Morgan fingerprint density at radius 1 is 0.688 bits per heavy atom. The average Bonchev–Trinajstić information content (AvgIpc) is 2.21. The van der Waals surface area contributed by atoms with E-state index < -0.39 is 0 Å². The Morgan fingerprint density at radius 2 is 1.06 bits per heavy atom. The minimum absolute atomic E-state index is 0.734. The van der Waals surface area contributed by atoms with Gasteiger partial charge in [-0.3, -0.25) is 0 Å². The summed E-state index contributed by atoms with van der Waals surface area (Å²) < 4.78 is 2.22. The van der Waals surface area contributed by atoms with Gasteiger partial charge in [-0.15, -0.1) is 0 Å². The number of hydrogen-bond donors (Lipinski definition) is 0. The van der Waals surface area contributed by atoms with Crippen LogP contribution in [0.25, 0.3) is 11.1 Å². The van der Waals surface area contributed by atoms with E-state index in [1.54, 1.807) is 0 Å². The molecular weight excluding hydrogens is 469 g/mol. The fourth-order valence-corrected chi connectivity index (χ4v) is 3.87. The Bertz CT molecular complexity index is 449. The topological polar surface area (TPSA) is 0 Å². The van der Waals surface area contributed by atoms with Crippen molar-refractivity contribution >= 4 is 68.4 Å². The molecule has 16 heavy (non-hydrogen) atoms. The lowest BCUT2D eigenvalue weighted by Gasteiger charge is -2.11. The number of benzene rings is 2. The molecule has 4 heteroatoms. The summed E-state index contributed by atoms with van der Waals surface area (Å²) in [5.41, 5.74) is 2.03. The molecule has 0 nitrogen and oxygen atoms in total. The van der Waals surface area contributed by atoms with Gasteiger partial charge < -0.3 is 0 Å². The molecule has 0 aliphatic heterocycles. The Hall–Kier alpha value is 0.480. The van der Waals surface area contributed by atoms with E-state index in [0.717, 1.165) is 28.3 Å². The molecule has 0 aromatic heterocycles. The maximum atomic E-state index is 6.24. The van der Waals surface area contributed by atoms with Gasteiger partial charge in [0.15, 0.2) is 0 Å². The first-order chi connectivity index (χ1) is 7.61. The fourth-order valence-electron chi connectivity index (χ4n) is 1.47. The Morgan fingerprint density at radius 3 is 1.38 bits per heavy atom. The molecule has 0 heterocycles. The zero-order chi connectivity index (χ0) is 11.7. The summed E-state index contributed by atoms with van der Waals surface area (Å²) in [7, 11) is 0. The van der Waals surface area contributed by atoms with Crippen LogP contribution in [0.5, 0.6) is 0 Å². The van der Waals surface area contributed by atoms with Crippen molar-refractivity contribution in [2.24, 2.45) is 0 Å². The molecular formula is C12H6Cl2I2. The van der Waals surface area contributed by atoms with Crippen LogP contribution in [0.4, 0.5) is 0 Å². The zero-order valence-corrected chi connectivity index (χ0v) is 13.8. The first-order valence-corrected chi connectivity index (χ1v) is 7.41. The van der Waals surface area contributed by atoms with Crippen LogP contribution in [-0.2, 0) is 0 Å². The lowest BCUT2D eigenvalue weighted by Crippen LogP contribution is -1.89. The van der Waals surface area contributed by atoms with Crippen LogP contribution in [0, 0.1) is 7.14 Å². The quantitative estimate of drug-likeness (QED) is 0.453. The third-order valence-corrected chi connectivity index (χ3v) is 4.60. The second kappa shape index (κ2) is 5.42. The molecule has 2 aromatic rings. The molecule has 0 saturated heterocycles. The minimum atomic E-state index is 0.734. The lowest BCUT2D eigenvalue weighted by atomic mass is 10.1. The van der Waals surface area contributed by atoms with Crippen molar-refractivity contribution in [2.45, 2.75) is 0 Å². The summed E-state index contributed by atoms with van der Waals surface area (Å²) in [6.45, 7) is 0. The maximum Gasteiger partial charge on any atom is 0.0495 e. The van der Waals surface area contributed by atoms with Crippen molar-refractivity contribution in [1.82, 2.24) is 0 Å².